The zero-order chi connectivity index (χ0) is 18.9. The lowest BCUT2D eigenvalue weighted by molar-refractivity contribution is -0.117. The molecule has 0 aromatic heterocycles. The van der Waals surface area contributed by atoms with E-state index in [9.17, 15) is 13.2 Å². The third kappa shape index (κ3) is 3.53. The Hall–Kier alpha value is -2.54. The first-order valence-corrected chi connectivity index (χ1v) is 9.88. The van der Waals surface area contributed by atoms with E-state index in [0.717, 1.165) is 17.7 Å². The normalized spacial score (nSPS) is 14.6. The van der Waals surface area contributed by atoms with Gasteiger partial charge >= 0.3 is 0 Å². The Kier molecular flexibility index (Phi) is 4.91. The lowest BCUT2D eigenvalue weighted by Gasteiger charge is -2.17. The van der Waals surface area contributed by atoms with E-state index in [2.05, 4.69) is 4.72 Å². The molecule has 1 aliphatic rings. The molecule has 0 radical (unpaired) electrons. The number of aryl methyl sites for hydroxylation is 2. The van der Waals surface area contributed by atoms with Gasteiger partial charge in [0.15, 0.2) is 0 Å². The summed E-state index contributed by atoms with van der Waals surface area (Å²) >= 11 is 0. The summed E-state index contributed by atoms with van der Waals surface area (Å²) < 4.78 is 33.3. The van der Waals surface area contributed by atoms with Crippen molar-refractivity contribution in [2.75, 3.05) is 23.3 Å². The van der Waals surface area contributed by atoms with Crippen molar-refractivity contribution >= 4 is 27.3 Å². The topological polar surface area (TPSA) is 75.7 Å². The molecule has 1 N–H and O–H groups in total. The molecule has 0 saturated carbocycles. The van der Waals surface area contributed by atoms with Gasteiger partial charge < -0.3 is 9.64 Å². The molecule has 1 saturated heterocycles. The summed E-state index contributed by atoms with van der Waals surface area (Å²) in [5.74, 6) is 0.753. The van der Waals surface area contributed by atoms with Crippen molar-refractivity contribution < 1.29 is 17.9 Å². The Morgan fingerprint density at radius 1 is 1.08 bits per heavy atom. The number of methoxy groups -OCH3 is 1. The van der Waals surface area contributed by atoms with E-state index in [-0.39, 0.29) is 10.8 Å². The predicted molar refractivity (Wildman–Crippen MR) is 101 cm³/mol. The molecule has 1 aliphatic heterocycles. The van der Waals surface area contributed by atoms with Gasteiger partial charge in [-0.3, -0.25) is 9.52 Å². The number of carbonyl (C=O) groups is 1. The van der Waals surface area contributed by atoms with Crippen LogP contribution in [0.15, 0.2) is 41.3 Å². The van der Waals surface area contributed by atoms with Crippen LogP contribution in [0.2, 0.25) is 0 Å². The van der Waals surface area contributed by atoms with Gasteiger partial charge in [0.25, 0.3) is 10.0 Å². The van der Waals surface area contributed by atoms with Crippen LogP contribution in [0.25, 0.3) is 0 Å². The Morgan fingerprint density at radius 2 is 1.77 bits per heavy atom. The molecule has 2 aromatic rings. The average Bonchev–Trinajstić information content (AvgIpc) is 3.03. The molecule has 26 heavy (non-hydrogen) atoms. The molecule has 1 heterocycles. The maximum atomic E-state index is 12.8. The van der Waals surface area contributed by atoms with Gasteiger partial charge in [0, 0.05) is 24.3 Å². The standard InChI is InChI=1S/C19H22N2O4S/c1-13-12-18(14(2)11-17(13)25-3)26(23,24)20-15-6-8-16(9-7-15)21-10-4-5-19(21)22/h6-9,11-12,20H,4-5,10H2,1-3H3. The zero-order valence-electron chi connectivity index (χ0n) is 15.1. The van der Waals surface area contributed by atoms with Crippen molar-refractivity contribution in [1.29, 1.82) is 0 Å². The number of rotatable bonds is 5. The number of benzene rings is 2. The molecule has 7 heteroatoms. The lowest BCUT2D eigenvalue weighted by atomic mass is 10.1. The fourth-order valence-electron chi connectivity index (χ4n) is 3.11. The van der Waals surface area contributed by atoms with Crippen molar-refractivity contribution in [2.45, 2.75) is 31.6 Å². The number of amides is 1. The van der Waals surface area contributed by atoms with Crippen LogP contribution in [0.1, 0.15) is 24.0 Å². The summed E-state index contributed by atoms with van der Waals surface area (Å²) in [6.07, 6.45) is 1.41. The summed E-state index contributed by atoms with van der Waals surface area (Å²) in [6, 6.07) is 10.2. The van der Waals surface area contributed by atoms with E-state index < -0.39 is 10.0 Å². The van der Waals surface area contributed by atoms with Crippen molar-refractivity contribution in [2.24, 2.45) is 0 Å². The van der Waals surface area contributed by atoms with Crippen molar-refractivity contribution in [1.82, 2.24) is 0 Å². The number of nitrogens with one attached hydrogen (secondary N) is 1. The van der Waals surface area contributed by atoms with E-state index in [4.69, 9.17) is 4.74 Å². The van der Waals surface area contributed by atoms with E-state index >= 15 is 0 Å². The Morgan fingerprint density at radius 3 is 2.35 bits per heavy atom. The number of carbonyl (C=O) groups excluding carboxylic acids is 1. The summed E-state index contributed by atoms with van der Waals surface area (Å²) in [4.78, 5) is 13.7. The van der Waals surface area contributed by atoms with E-state index in [1.165, 1.54) is 0 Å². The fourth-order valence-corrected chi connectivity index (χ4v) is 4.48. The number of hydrogen-bond donors (Lipinski definition) is 1. The van der Waals surface area contributed by atoms with Gasteiger partial charge in [0.1, 0.15) is 5.75 Å². The summed E-state index contributed by atoms with van der Waals surface area (Å²) in [7, 11) is -2.16. The first-order valence-electron chi connectivity index (χ1n) is 8.40. The minimum absolute atomic E-state index is 0.0997. The molecule has 0 aliphatic carbocycles. The number of ether oxygens (including phenoxy) is 1. The highest BCUT2D eigenvalue weighted by atomic mass is 32.2. The molecule has 0 unspecified atom stereocenters. The second-order valence-electron chi connectivity index (χ2n) is 6.39. The van der Waals surface area contributed by atoms with Crippen LogP contribution < -0.4 is 14.4 Å². The highest BCUT2D eigenvalue weighted by Gasteiger charge is 2.22. The van der Waals surface area contributed by atoms with Crippen molar-refractivity contribution in [3.05, 3.63) is 47.5 Å². The average molecular weight is 374 g/mol. The van der Waals surface area contributed by atoms with Crippen molar-refractivity contribution in [3.8, 4) is 5.75 Å². The van der Waals surface area contributed by atoms with Crippen LogP contribution in [0.5, 0.6) is 5.75 Å². The highest BCUT2D eigenvalue weighted by molar-refractivity contribution is 7.92. The quantitative estimate of drug-likeness (QED) is 0.872. The number of hydrogen-bond acceptors (Lipinski definition) is 4. The number of nitrogens with zero attached hydrogens (tertiary/aromatic N) is 1. The smallest absolute Gasteiger partial charge is 0.262 e. The molecular weight excluding hydrogens is 352 g/mol. The molecule has 138 valence electrons. The maximum Gasteiger partial charge on any atom is 0.262 e. The largest absolute Gasteiger partial charge is 0.496 e. The fraction of sp³-hybridized carbons (Fsp3) is 0.316. The van der Waals surface area contributed by atoms with Crippen LogP contribution in [0.3, 0.4) is 0 Å². The van der Waals surface area contributed by atoms with Crippen LogP contribution in [-0.4, -0.2) is 28.0 Å². The molecule has 2 aromatic carbocycles. The number of anilines is 2. The van der Waals surface area contributed by atoms with Crippen LogP contribution in [0.4, 0.5) is 11.4 Å². The Labute approximate surface area is 153 Å². The second kappa shape index (κ2) is 6.99. The monoisotopic (exact) mass is 374 g/mol. The molecule has 0 atom stereocenters. The molecule has 1 fully saturated rings. The Bertz CT molecular complexity index is 937. The summed E-state index contributed by atoms with van der Waals surface area (Å²) in [5, 5.41) is 0. The summed E-state index contributed by atoms with van der Waals surface area (Å²) in [6.45, 7) is 4.24. The van der Waals surface area contributed by atoms with Crippen LogP contribution in [-0.2, 0) is 14.8 Å². The molecule has 6 nitrogen and oxygen atoms in total. The van der Waals surface area contributed by atoms with Crippen LogP contribution >= 0.6 is 0 Å². The first-order chi connectivity index (χ1) is 12.3. The Balaban J connectivity index is 1.84. The minimum atomic E-state index is -3.72. The summed E-state index contributed by atoms with van der Waals surface area (Å²) in [5.41, 5.74) is 2.60. The van der Waals surface area contributed by atoms with Gasteiger partial charge in [-0.2, -0.15) is 0 Å². The molecule has 0 bridgehead atoms. The minimum Gasteiger partial charge on any atom is -0.496 e. The van der Waals surface area contributed by atoms with Gasteiger partial charge in [0.2, 0.25) is 5.91 Å². The second-order valence-corrected chi connectivity index (χ2v) is 8.04. The van der Waals surface area contributed by atoms with Gasteiger partial charge in [-0.1, -0.05) is 0 Å². The molecule has 3 rings (SSSR count). The third-order valence-electron chi connectivity index (χ3n) is 4.49. The zero-order valence-corrected chi connectivity index (χ0v) is 15.9. The van der Waals surface area contributed by atoms with Gasteiger partial charge in [0.05, 0.1) is 12.0 Å². The van der Waals surface area contributed by atoms with Gasteiger partial charge in [-0.15, -0.1) is 0 Å². The lowest BCUT2D eigenvalue weighted by Crippen LogP contribution is -2.23. The predicted octanol–water partition coefficient (Wildman–Crippen LogP) is 3.24. The van der Waals surface area contributed by atoms with Gasteiger partial charge in [-0.25, -0.2) is 8.42 Å². The maximum absolute atomic E-state index is 12.8. The van der Waals surface area contributed by atoms with Crippen LogP contribution in [0, 0.1) is 13.8 Å². The SMILES string of the molecule is COc1cc(C)c(S(=O)(=O)Nc2ccc(N3CCCC3=O)cc2)cc1C. The van der Waals surface area contributed by atoms with Gasteiger partial charge in [-0.05, 0) is 67.8 Å². The van der Waals surface area contributed by atoms with E-state index in [1.807, 2.05) is 0 Å². The molecular formula is C19H22N2O4S. The van der Waals surface area contributed by atoms with Crippen molar-refractivity contribution in [3.63, 3.8) is 0 Å². The first kappa shape index (κ1) is 18.3. The number of sulfonamides is 1. The van der Waals surface area contributed by atoms with E-state index in [1.54, 1.807) is 62.3 Å². The highest BCUT2D eigenvalue weighted by Crippen LogP contribution is 2.28. The molecule has 0 spiro atoms. The molecule has 1 amide bonds. The van der Waals surface area contributed by atoms with E-state index in [0.29, 0.717) is 30.0 Å². The third-order valence-corrected chi connectivity index (χ3v) is 6.01.